The number of anilines is 3. The molecule has 10 heteroatoms. The van der Waals surface area contributed by atoms with E-state index in [1.165, 1.54) is 12.8 Å². The molecule has 3 fully saturated rings. The van der Waals surface area contributed by atoms with Gasteiger partial charge in [0.1, 0.15) is 10.8 Å². The molecule has 2 N–H and O–H groups in total. The fourth-order valence-electron chi connectivity index (χ4n) is 5.13. The third-order valence-corrected chi connectivity index (χ3v) is 7.65. The second kappa shape index (κ2) is 9.70. The number of carbonyl (C=O) groups is 1. The van der Waals surface area contributed by atoms with Crippen molar-refractivity contribution in [3.63, 3.8) is 0 Å². The highest BCUT2D eigenvalue weighted by Crippen LogP contribution is 2.33. The van der Waals surface area contributed by atoms with Crippen LogP contribution in [-0.4, -0.2) is 73.2 Å². The Kier molecular flexibility index (Phi) is 6.66. The molecule has 1 aliphatic carbocycles. The van der Waals surface area contributed by atoms with Gasteiger partial charge in [-0.05, 0) is 52.4 Å². The van der Waals surface area contributed by atoms with Crippen molar-refractivity contribution in [3.05, 3.63) is 23.6 Å². The lowest BCUT2D eigenvalue weighted by molar-refractivity contribution is -0.130. The summed E-state index contributed by atoms with van der Waals surface area (Å²) in [6.45, 7) is 7.99. The summed E-state index contributed by atoms with van der Waals surface area (Å²) >= 11 is 6.32. The zero-order valence-electron chi connectivity index (χ0n) is 20.1. The predicted molar refractivity (Wildman–Crippen MR) is 134 cm³/mol. The van der Waals surface area contributed by atoms with E-state index in [1.54, 1.807) is 6.20 Å². The normalized spacial score (nSPS) is 21.3. The van der Waals surface area contributed by atoms with Gasteiger partial charge in [0.05, 0.1) is 24.1 Å². The number of nitrogens with zero attached hydrogens (tertiary/aromatic N) is 6. The van der Waals surface area contributed by atoms with Gasteiger partial charge in [-0.1, -0.05) is 11.6 Å². The number of halogens is 1. The van der Waals surface area contributed by atoms with Gasteiger partial charge in [-0.15, -0.1) is 0 Å². The van der Waals surface area contributed by atoms with Crippen LogP contribution in [0.3, 0.4) is 0 Å². The van der Waals surface area contributed by atoms with Crippen molar-refractivity contribution in [3.8, 4) is 0 Å². The Morgan fingerprint density at radius 3 is 2.65 bits per heavy atom. The molecule has 9 nitrogen and oxygen atoms in total. The number of aromatic nitrogens is 4. The minimum atomic E-state index is -0.0561. The first-order chi connectivity index (χ1) is 16.4. The quantitative estimate of drug-likeness (QED) is 0.516. The van der Waals surface area contributed by atoms with Gasteiger partial charge in [0, 0.05) is 50.4 Å². The van der Waals surface area contributed by atoms with Crippen LogP contribution in [0.5, 0.6) is 0 Å². The molecular formula is C24H35ClN8O. The second-order valence-corrected chi connectivity index (χ2v) is 10.8. The van der Waals surface area contributed by atoms with E-state index in [0.717, 1.165) is 57.0 Å². The zero-order chi connectivity index (χ0) is 23.7. The maximum absolute atomic E-state index is 12.1. The summed E-state index contributed by atoms with van der Waals surface area (Å²) in [6.07, 6.45) is 12.9. The molecule has 0 atom stereocenters. The maximum Gasteiger partial charge on any atom is 0.229 e. The highest BCUT2D eigenvalue weighted by molar-refractivity contribution is 6.32. The van der Waals surface area contributed by atoms with Gasteiger partial charge >= 0.3 is 0 Å². The first-order valence-corrected chi connectivity index (χ1v) is 12.9. The molecule has 5 rings (SSSR count). The Balaban J connectivity index is 1.12. The largest absolute Gasteiger partial charge is 0.369 e. The van der Waals surface area contributed by atoms with Crippen molar-refractivity contribution in [1.82, 2.24) is 29.5 Å². The number of piperidine rings is 1. The fourth-order valence-corrected chi connectivity index (χ4v) is 5.29. The van der Waals surface area contributed by atoms with Crippen molar-refractivity contribution in [2.45, 2.75) is 76.4 Å². The summed E-state index contributed by atoms with van der Waals surface area (Å²) in [5.41, 5.74) is 0.812. The molecule has 2 aliphatic heterocycles. The smallest absolute Gasteiger partial charge is 0.229 e. The third-order valence-electron chi connectivity index (χ3n) is 7.37. The Morgan fingerprint density at radius 1 is 1.15 bits per heavy atom. The van der Waals surface area contributed by atoms with Crippen LogP contribution in [0.4, 0.5) is 17.5 Å². The SMILES string of the molecule is CC1(C)CCC(=O)N1CCCNc1nc(Nc2cnn(C3CCN(C4CC4)CC3)c2)ncc1Cl. The van der Waals surface area contributed by atoms with E-state index in [2.05, 4.69) is 49.1 Å². The second-order valence-electron chi connectivity index (χ2n) is 10.4. The van der Waals surface area contributed by atoms with E-state index in [9.17, 15) is 4.79 Å². The van der Waals surface area contributed by atoms with Crippen molar-refractivity contribution in [2.24, 2.45) is 0 Å². The molecule has 0 spiro atoms. The van der Waals surface area contributed by atoms with E-state index in [0.29, 0.717) is 35.8 Å². The molecule has 0 bridgehead atoms. The van der Waals surface area contributed by atoms with Crippen LogP contribution in [0, 0.1) is 0 Å². The number of hydrogen-bond acceptors (Lipinski definition) is 7. The van der Waals surface area contributed by atoms with Crippen molar-refractivity contribution < 1.29 is 4.79 Å². The van der Waals surface area contributed by atoms with Crippen LogP contribution in [0.15, 0.2) is 18.6 Å². The molecule has 34 heavy (non-hydrogen) atoms. The van der Waals surface area contributed by atoms with Crippen LogP contribution in [0.25, 0.3) is 0 Å². The van der Waals surface area contributed by atoms with Gasteiger partial charge in [-0.3, -0.25) is 9.48 Å². The molecule has 1 amide bonds. The van der Waals surface area contributed by atoms with Crippen molar-refractivity contribution in [2.75, 3.05) is 36.8 Å². The Hall–Kier alpha value is -2.39. The summed E-state index contributed by atoms with van der Waals surface area (Å²) in [7, 11) is 0. The van der Waals surface area contributed by atoms with Gasteiger partial charge < -0.3 is 20.4 Å². The van der Waals surface area contributed by atoms with Crippen LogP contribution in [0.1, 0.15) is 64.8 Å². The van der Waals surface area contributed by atoms with Gasteiger partial charge in [0.25, 0.3) is 0 Å². The number of rotatable bonds is 9. The predicted octanol–water partition coefficient (Wildman–Crippen LogP) is 4.07. The van der Waals surface area contributed by atoms with E-state index in [-0.39, 0.29) is 11.4 Å². The first-order valence-electron chi connectivity index (χ1n) is 12.5. The minimum Gasteiger partial charge on any atom is -0.369 e. The number of likely N-dealkylation sites (tertiary alicyclic amines) is 2. The molecule has 0 aromatic carbocycles. The summed E-state index contributed by atoms with van der Waals surface area (Å²) in [6, 6.07) is 1.29. The molecular weight excluding hydrogens is 452 g/mol. The van der Waals surface area contributed by atoms with Gasteiger partial charge in [0.15, 0.2) is 0 Å². The number of amides is 1. The average molecular weight is 487 g/mol. The topological polar surface area (TPSA) is 91.2 Å². The fraction of sp³-hybridized carbons (Fsp3) is 0.667. The van der Waals surface area contributed by atoms with E-state index < -0.39 is 0 Å². The van der Waals surface area contributed by atoms with Crippen LogP contribution >= 0.6 is 11.6 Å². The lowest BCUT2D eigenvalue weighted by Gasteiger charge is -2.32. The Bertz CT molecular complexity index is 1010. The molecule has 0 unspecified atom stereocenters. The molecule has 4 heterocycles. The van der Waals surface area contributed by atoms with Crippen molar-refractivity contribution in [1.29, 1.82) is 0 Å². The Labute approximate surface area is 206 Å². The lowest BCUT2D eigenvalue weighted by atomic mass is 10.0. The molecule has 1 saturated carbocycles. The monoisotopic (exact) mass is 486 g/mol. The molecule has 184 valence electrons. The molecule has 0 radical (unpaired) electrons. The summed E-state index contributed by atoms with van der Waals surface area (Å²) in [5.74, 6) is 1.31. The van der Waals surface area contributed by atoms with Gasteiger partial charge in [-0.25, -0.2) is 4.98 Å². The summed E-state index contributed by atoms with van der Waals surface area (Å²) < 4.78 is 2.07. The molecule has 2 saturated heterocycles. The molecule has 2 aromatic heterocycles. The van der Waals surface area contributed by atoms with E-state index in [1.807, 2.05) is 17.3 Å². The van der Waals surface area contributed by atoms with Crippen LogP contribution in [-0.2, 0) is 4.79 Å². The standard InChI is InChI=1S/C24H35ClN8O/c1-24(2)9-6-21(34)32(24)11-3-10-26-22-20(25)15-27-23(30-22)29-17-14-28-33(16-17)19-7-12-31(13-8-19)18-4-5-18/h14-16,18-19H,3-13H2,1-2H3,(H2,26,27,29,30). The highest BCUT2D eigenvalue weighted by atomic mass is 35.5. The van der Waals surface area contributed by atoms with E-state index in [4.69, 9.17) is 11.6 Å². The summed E-state index contributed by atoms with van der Waals surface area (Å²) in [4.78, 5) is 25.6. The van der Waals surface area contributed by atoms with Gasteiger partial charge in [-0.2, -0.15) is 10.1 Å². The van der Waals surface area contributed by atoms with Gasteiger partial charge in [0.2, 0.25) is 11.9 Å². The van der Waals surface area contributed by atoms with E-state index >= 15 is 0 Å². The lowest BCUT2D eigenvalue weighted by Crippen LogP contribution is -2.41. The number of nitrogens with one attached hydrogen (secondary N) is 2. The molecule has 2 aromatic rings. The number of carbonyl (C=O) groups excluding carboxylic acids is 1. The zero-order valence-corrected chi connectivity index (χ0v) is 20.9. The number of hydrogen-bond donors (Lipinski definition) is 2. The van der Waals surface area contributed by atoms with Crippen molar-refractivity contribution >= 4 is 35.0 Å². The average Bonchev–Trinajstić information content (AvgIpc) is 3.52. The maximum atomic E-state index is 12.1. The first kappa shape index (κ1) is 23.4. The minimum absolute atomic E-state index is 0.0561. The third kappa shape index (κ3) is 5.30. The van der Waals surface area contributed by atoms with Crippen LogP contribution in [0.2, 0.25) is 5.02 Å². The summed E-state index contributed by atoms with van der Waals surface area (Å²) in [5, 5.41) is 11.6. The molecule has 3 aliphatic rings. The highest BCUT2D eigenvalue weighted by Gasteiger charge is 2.36. The Morgan fingerprint density at radius 2 is 1.94 bits per heavy atom. The van der Waals surface area contributed by atoms with Crippen LogP contribution < -0.4 is 10.6 Å².